The summed E-state index contributed by atoms with van der Waals surface area (Å²) in [6.07, 6.45) is 1.55. The van der Waals surface area contributed by atoms with Crippen molar-refractivity contribution in [3.05, 3.63) is 0 Å². The predicted molar refractivity (Wildman–Crippen MR) is 49.0 cm³/mol. The van der Waals surface area contributed by atoms with Crippen LogP contribution in [0.5, 0.6) is 0 Å². The number of rotatable bonds is 2. The van der Waals surface area contributed by atoms with Crippen molar-refractivity contribution in [1.29, 1.82) is 0 Å². The van der Waals surface area contributed by atoms with Gasteiger partial charge in [0.2, 0.25) is 11.8 Å². The molecule has 4 nitrogen and oxygen atoms in total. The molecule has 1 rings (SSSR count). The highest BCUT2D eigenvalue weighted by molar-refractivity contribution is 5.77. The number of likely N-dealkylation sites (tertiary alicyclic amines) is 1. The van der Waals surface area contributed by atoms with Crippen molar-refractivity contribution in [1.82, 2.24) is 10.2 Å². The van der Waals surface area contributed by atoms with Gasteiger partial charge in [-0.3, -0.25) is 9.59 Å². The maximum absolute atomic E-state index is 11.3. The van der Waals surface area contributed by atoms with E-state index >= 15 is 0 Å². The average Bonchev–Trinajstić information content (AvgIpc) is 2.07. The summed E-state index contributed by atoms with van der Waals surface area (Å²) in [5.74, 6) is 0.487. The summed E-state index contributed by atoms with van der Waals surface area (Å²) in [5, 5.41) is 2.74. The third kappa shape index (κ3) is 3.05. The molecule has 2 amide bonds. The van der Waals surface area contributed by atoms with E-state index < -0.39 is 0 Å². The lowest BCUT2D eigenvalue weighted by Gasteiger charge is -2.28. The average molecular weight is 184 g/mol. The van der Waals surface area contributed by atoms with Gasteiger partial charge in [0.05, 0.1) is 0 Å². The van der Waals surface area contributed by atoms with Crippen molar-refractivity contribution in [3.63, 3.8) is 0 Å². The molecule has 74 valence electrons. The first-order valence-corrected chi connectivity index (χ1v) is 4.58. The molecule has 1 fully saturated rings. The highest BCUT2D eigenvalue weighted by Gasteiger charge is 2.22. The van der Waals surface area contributed by atoms with Crippen LogP contribution in [0, 0.1) is 5.92 Å². The molecular weight excluding hydrogens is 168 g/mol. The zero-order chi connectivity index (χ0) is 9.84. The monoisotopic (exact) mass is 184 g/mol. The molecule has 1 unspecified atom stereocenters. The van der Waals surface area contributed by atoms with Crippen LogP contribution in [0.1, 0.15) is 19.8 Å². The Kier molecular flexibility index (Phi) is 3.28. The minimum absolute atomic E-state index is 0.0219. The molecule has 4 heteroatoms. The van der Waals surface area contributed by atoms with Crippen molar-refractivity contribution in [2.24, 2.45) is 5.92 Å². The Labute approximate surface area is 78.3 Å². The Bertz CT molecular complexity index is 216. The van der Waals surface area contributed by atoms with Crippen LogP contribution in [0.3, 0.4) is 0 Å². The Morgan fingerprint density at radius 2 is 2.38 bits per heavy atom. The molecule has 0 spiro atoms. The summed E-state index contributed by atoms with van der Waals surface area (Å²) in [5.41, 5.74) is 0. The number of carbonyl (C=O) groups excluding carboxylic acids is 2. The number of hydrogen-bond donors (Lipinski definition) is 1. The maximum atomic E-state index is 11.3. The van der Waals surface area contributed by atoms with Crippen LogP contribution >= 0.6 is 0 Å². The minimum Gasteiger partial charge on any atom is -0.356 e. The summed E-state index contributed by atoms with van der Waals surface area (Å²) in [7, 11) is 1.82. The second-order valence-corrected chi connectivity index (χ2v) is 3.61. The number of piperidine rings is 1. The SMILES string of the molecule is CC(=O)NCC1CCN(C)C(=O)C1. The van der Waals surface area contributed by atoms with Gasteiger partial charge >= 0.3 is 0 Å². The fourth-order valence-electron chi connectivity index (χ4n) is 1.47. The molecule has 1 atom stereocenters. The number of nitrogens with zero attached hydrogens (tertiary/aromatic N) is 1. The molecule has 0 aromatic rings. The highest BCUT2D eigenvalue weighted by Crippen LogP contribution is 2.15. The van der Waals surface area contributed by atoms with Gasteiger partial charge < -0.3 is 10.2 Å². The normalized spacial score (nSPS) is 23.1. The lowest BCUT2D eigenvalue weighted by molar-refractivity contribution is -0.133. The highest BCUT2D eigenvalue weighted by atomic mass is 16.2. The quantitative estimate of drug-likeness (QED) is 0.656. The summed E-state index contributed by atoms with van der Waals surface area (Å²) in [6, 6.07) is 0. The van der Waals surface area contributed by atoms with Crippen LogP contribution in [-0.4, -0.2) is 36.9 Å². The Balaban J connectivity index is 2.29. The van der Waals surface area contributed by atoms with Gasteiger partial charge in [-0.2, -0.15) is 0 Å². The molecule has 1 saturated heterocycles. The number of hydrogen-bond acceptors (Lipinski definition) is 2. The van der Waals surface area contributed by atoms with Crippen LogP contribution < -0.4 is 5.32 Å². The molecule has 1 N–H and O–H groups in total. The summed E-state index contributed by atoms with van der Waals surface area (Å²) < 4.78 is 0. The van der Waals surface area contributed by atoms with Gasteiger partial charge in [-0.05, 0) is 12.3 Å². The fourth-order valence-corrected chi connectivity index (χ4v) is 1.47. The van der Waals surface area contributed by atoms with Crippen LogP contribution in [0.2, 0.25) is 0 Å². The zero-order valence-electron chi connectivity index (χ0n) is 8.17. The minimum atomic E-state index is -0.0219. The largest absolute Gasteiger partial charge is 0.356 e. The predicted octanol–water partition coefficient (Wildman–Crippen LogP) is -0.00910. The summed E-state index contributed by atoms with van der Waals surface area (Å²) in [6.45, 7) is 2.94. The van der Waals surface area contributed by atoms with Crippen molar-refractivity contribution < 1.29 is 9.59 Å². The van der Waals surface area contributed by atoms with Crippen molar-refractivity contribution in [3.8, 4) is 0 Å². The van der Waals surface area contributed by atoms with Crippen molar-refractivity contribution >= 4 is 11.8 Å². The topological polar surface area (TPSA) is 49.4 Å². The number of amides is 2. The second kappa shape index (κ2) is 4.25. The first-order valence-electron chi connectivity index (χ1n) is 4.58. The van der Waals surface area contributed by atoms with Gasteiger partial charge in [-0.15, -0.1) is 0 Å². The van der Waals surface area contributed by atoms with Crippen LogP contribution in [0.15, 0.2) is 0 Å². The molecule has 0 saturated carbocycles. The molecule has 13 heavy (non-hydrogen) atoms. The summed E-state index contributed by atoms with van der Waals surface area (Å²) >= 11 is 0. The van der Waals surface area contributed by atoms with Crippen molar-refractivity contribution in [2.75, 3.05) is 20.1 Å². The van der Waals surface area contributed by atoms with Gasteiger partial charge in [0.15, 0.2) is 0 Å². The Morgan fingerprint density at radius 3 is 2.92 bits per heavy atom. The third-order valence-electron chi connectivity index (χ3n) is 2.40. The maximum Gasteiger partial charge on any atom is 0.222 e. The van der Waals surface area contributed by atoms with E-state index in [-0.39, 0.29) is 11.8 Å². The van der Waals surface area contributed by atoms with Crippen LogP contribution in [-0.2, 0) is 9.59 Å². The molecule has 0 bridgehead atoms. The Hall–Kier alpha value is -1.06. The van der Waals surface area contributed by atoms with Gasteiger partial charge in [-0.1, -0.05) is 0 Å². The van der Waals surface area contributed by atoms with E-state index in [0.717, 1.165) is 13.0 Å². The van der Waals surface area contributed by atoms with E-state index in [1.165, 1.54) is 6.92 Å². The van der Waals surface area contributed by atoms with Gasteiger partial charge in [-0.25, -0.2) is 0 Å². The lowest BCUT2D eigenvalue weighted by Crippen LogP contribution is -2.39. The van der Waals surface area contributed by atoms with Crippen LogP contribution in [0.4, 0.5) is 0 Å². The Morgan fingerprint density at radius 1 is 1.69 bits per heavy atom. The van der Waals surface area contributed by atoms with E-state index in [0.29, 0.717) is 18.9 Å². The molecule has 0 aromatic heterocycles. The smallest absolute Gasteiger partial charge is 0.222 e. The molecule has 0 aromatic carbocycles. The number of carbonyl (C=O) groups is 2. The third-order valence-corrected chi connectivity index (χ3v) is 2.40. The molecule has 1 heterocycles. The van der Waals surface area contributed by atoms with E-state index in [1.54, 1.807) is 4.90 Å². The second-order valence-electron chi connectivity index (χ2n) is 3.61. The standard InChI is InChI=1S/C9H16N2O2/c1-7(12)10-6-8-3-4-11(2)9(13)5-8/h8H,3-6H2,1-2H3,(H,10,12). The van der Waals surface area contributed by atoms with Crippen molar-refractivity contribution in [2.45, 2.75) is 19.8 Å². The van der Waals surface area contributed by atoms with E-state index in [1.807, 2.05) is 7.05 Å². The van der Waals surface area contributed by atoms with Crippen LogP contribution in [0.25, 0.3) is 0 Å². The first kappa shape index (κ1) is 10.0. The number of nitrogens with one attached hydrogen (secondary N) is 1. The van der Waals surface area contributed by atoms with E-state index in [9.17, 15) is 9.59 Å². The fraction of sp³-hybridized carbons (Fsp3) is 0.778. The van der Waals surface area contributed by atoms with E-state index in [2.05, 4.69) is 5.32 Å². The molecule has 0 radical (unpaired) electrons. The van der Waals surface area contributed by atoms with E-state index in [4.69, 9.17) is 0 Å². The lowest BCUT2D eigenvalue weighted by atomic mass is 9.96. The molecule has 1 aliphatic rings. The zero-order valence-corrected chi connectivity index (χ0v) is 8.17. The van der Waals surface area contributed by atoms with Gasteiger partial charge in [0.25, 0.3) is 0 Å². The van der Waals surface area contributed by atoms with Gasteiger partial charge in [0.1, 0.15) is 0 Å². The summed E-state index contributed by atoms with van der Waals surface area (Å²) in [4.78, 5) is 23.6. The molecule has 1 aliphatic heterocycles. The van der Waals surface area contributed by atoms with Gasteiger partial charge in [0, 0.05) is 33.5 Å². The first-order chi connectivity index (χ1) is 6.09. The molecule has 0 aliphatic carbocycles. The molecular formula is C9H16N2O2.